The Morgan fingerprint density at radius 1 is 1.33 bits per heavy atom. The van der Waals surface area contributed by atoms with Crippen molar-refractivity contribution in [3.63, 3.8) is 0 Å². The number of fused-ring (bicyclic) bond motifs is 1. The third-order valence-electron chi connectivity index (χ3n) is 1.78. The summed E-state index contributed by atoms with van der Waals surface area (Å²) in [7, 11) is 0. The molecule has 0 aliphatic carbocycles. The maximum absolute atomic E-state index is 5.49. The van der Waals surface area contributed by atoms with Gasteiger partial charge in [-0.25, -0.2) is 0 Å². The molecule has 0 N–H and O–H groups in total. The van der Waals surface area contributed by atoms with Crippen LogP contribution in [0.15, 0.2) is 33.2 Å². The predicted octanol–water partition coefficient (Wildman–Crippen LogP) is 3.57. The molecule has 0 unspecified atom stereocenters. The van der Waals surface area contributed by atoms with Gasteiger partial charge in [-0.05, 0) is 31.2 Å². The zero-order valence-corrected chi connectivity index (χ0v) is 8.10. The fourth-order valence-corrected chi connectivity index (χ4v) is 1.57. The maximum Gasteiger partial charge on any atom is 0.134 e. The van der Waals surface area contributed by atoms with Gasteiger partial charge in [-0.1, -0.05) is 15.9 Å². The van der Waals surface area contributed by atoms with Gasteiger partial charge in [-0.3, -0.25) is 0 Å². The Labute approximate surface area is 79.5 Å². The molecule has 2 heteroatoms. The van der Waals surface area contributed by atoms with Crippen LogP contribution >= 0.6 is 15.9 Å². The zero-order valence-electron chi connectivity index (χ0n) is 6.51. The van der Waals surface area contributed by atoms with Crippen LogP contribution in [-0.2, 0) is 6.42 Å². The van der Waals surface area contributed by atoms with Gasteiger partial charge in [0, 0.05) is 16.3 Å². The van der Waals surface area contributed by atoms with Crippen LogP contribution in [-0.4, -0.2) is 0 Å². The third-order valence-corrected chi connectivity index (χ3v) is 2.27. The van der Waals surface area contributed by atoms with Gasteiger partial charge in [0.25, 0.3) is 0 Å². The first-order chi connectivity index (χ1) is 5.79. The summed E-state index contributed by atoms with van der Waals surface area (Å²) in [6, 6.07) is 7.99. The fraction of sp³-hybridized carbons (Fsp3) is 0.100. The van der Waals surface area contributed by atoms with Crippen molar-refractivity contribution in [2.24, 2.45) is 0 Å². The number of furan rings is 1. The topological polar surface area (TPSA) is 13.1 Å². The molecule has 0 fully saturated rings. The van der Waals surface area contributed by atoms with E-state index < -0.39 is 0 Å². The summed E-state index contributed by atoms with van der Waals surface area (Å²) in [6.45, 7) is 3.77. The van der Waals surface area contributed by atoms with Crippen molar-refractivity contribution in [3.05, 3.63) is 41.4 Å². The van der Waals surface area contributed by atoms with Crippen molar-refractivity contribution in [3.8, 4) is 0 Å². The average Bonchev–Trinajstić information content (AvgIpc) is 2.46. The molecule has 0 spiro atoms. The summed E-state index contributed by atoms with van der Waals surface area (Å²) >= 11 is 3.41. The lowest BCUT2D eigenvalue weighted by molar-refractivity contribution is 0.565. The Hall–Kier alpha value is -0.760. The van der Waals surface area contributed by atoms with Crippen LogP contribution in [0.5, 0.6) is 0 Å². The second-order valence-corrected chi connectivity index (χ2v) is 3.56. The highest BCUT2D eigenvalue weighted by atomic mass is 79.9. The number of hydrogen-bond donors (Lipinski definition) is 0. The van der Waals surface area contributed by atoms with Crippen molar-refractivity contribution in [1.29, 1.82) is 0 Å². The Morgan fingerprint density at radius 3 is 2.92 bits per heavy atom. The Kier molecular flexibility index (Phi) is 1.93. The molecule has 0 saturated heterocycles. The minimum absolute atomic E-state index is 0.701. The van der Waals surface area contributed by atoms with E-state index in [2.05, 4.69) is 22.9 Å². The van der Waals surface area contributed by atoms with E-state index in [-0.39, 0.29) is 0 Å². The van der Waals surface area contributed by atoms with Crippen LogP contribution in [0.4, 0.5) is 0 Å². The van der Waals surface area contributed by atoms with Crippen LogP contribution in [0.1, 0.15) is 5.76 Å². The lowest BCUT2D eigenvalue weighted by Crippen LogP contribution is -1.67. The predicted molar refractivity (Wildman–Crippen MR) is 53.0 cm³/mol. The van der Waals surface area contributed by atoms with Crippen molar-refractivity contribution in [2.75, 3.05) is 0 Å². The van der Waals surface area contributed by atoms with E-state index in [1.54, 1.807) is 0 Å². The molecule has 0 bridgehead atoms. The normalized spacial score (nSPS) is 10.8. The van der Waals surface area contributed by atoms with Crippen LogP contribution in [0, 0.1) is 6.92 Å². The lowest BCUT2D eigenvalue weighted by Gasteiger charge is -1.87. The molecular weight excluding hydrogens is 216 g/mol. The SMILES string of the molecule is [CH2]Cc1cc2cc(Br)ccc2o1. The molecule has 0 aliphatic heterocycles. The van der Waals surface area contributed by atoms with Crippen LogP contribution in [0.25, 0.3) is 11.0 Å². The molecule has 12 heavy (non-hydrogen) atoms. The number of halogens is 1. The van der Waals surface area contributed by atoms with Gasteiger partial charge in [0.1, 0.15) is 11.3 Å². The number of benzene rings is 1. The smallest absolute Gasteiger partial charge is 0.134 e. The first-order valence-corrected chi connectivity index (χ1v) is 4.56. The largest absolute Gasteiger partial charge is 0.461 e. The second-order valence-electron chi connectivity index (χ2n) is 2.64. The highest BCUT2D eigenvalue weighted by Crippen LogP contribution is 2.23. The minimum Gasteiger partial charge on any atom is -0.461 e. The molecule has 61 valence electrons. The molecule has 1 radical (unpaired) electrons. The van der Waals surface area contributed by atoms with Gasteiger partial charge in [0.05, 0.1) is 0 Å². The Bertz CT molecular complexity index is 403. The van der Waals surface area contributed by atoms with Crippen LogP contribution in [0.3, 0.4) is 0 Å². The van der Waals surface area contributed by atoms with Gasteiger partial charge in [-0.2, -0.15) is 0 Å². The van der Waals surface area contributed by atoms with Crippen molar-refractivity contribution >= 4 is 26.9 Å². The lowest BCUT2D eigenvalue weighted by atomic mass is 10.2. The van der Waals surface area contributed by atoms with Crippen LogP contribution in [0.2, 0.25) is 0 Å². The van der Waals surface area contributed by atoms with Crippen molar-refractivity contribution < 1.29 is 4.42 Å². The van der Waals surface area contributed by atoms with Gasteiger partial charge in [0.15, 0.2) is 0 Å². The van der Waals surface area contributed by atoms with Gasteiger partial charge >= 0.3 is 0 Å². The van der Waals surface area contributed by atoms with E-state index in [0.29, 0.717) is 6.42 Å². The van der Waals surface area contributed by atoms with E-state index in [0.717, 1.165) is 21.2 Å². The second kappa shape index (κ2) is 2.94. The maximum atomic E-state index is 5.49. The first kappa shape index (κ1) is 7.87. The summed E-state index contributed by atoms with van der Waals surface area (Å²) in [5.41, 5.74) is 0.928. The highest BCUT2D eigenvalue weighted by Gasteiger charge is 2.01. The zero-order chi connectivity index (χ0) is 8.55. The Balaban J connectivity index is 2.67. The molecular formula is C10H8BrO. The minimum atomic E-state index is 0.701. The first-order valence-electron chi connectivity index (χ1n) is 3.77. The average molecular weight is 224 g/mol. The molecule has 0 saturated carbocycles. The summed E-state index contributed by atoms with van der Waals surface area (Å²) in [5.74, 6) is 0.933. The molecule has 2 aromatic rings. The van der Waals surface area contributed by atoms with E-state index in [1.165, 1.54) is 0 Å². The Morgan fingerprint density at radius 2 is 2.17 bits per heavy atom. The quantitative estimate of drug-likeness (QED) is 0.721. The van der Waals surface area contributed by atoms with Crippen molar-refractivity contribution in [2.45, 2.75) is 6.42 Å². The monoisotopic (exact) mass is 223 g/mol. The molecule has 0 aliphatic rings. The molecule has 1 aromatic carbocycles. The molecule has 0 amide bonds. The van der Waals surface area contributed by atoms with E-state index in [9.17, 15) is 0 Å². The molecule has 1 nitrogen and oxygen atoms in total. The van der Waals surface area contributed by atoms with Crippen molar-refractivity contribution in [1.82, 2.24) is 0 Å². The van der Waals surface area contributed by atoms with Gasteiger partial charge in [-0.15, -0.1) is 0 Å². The standard InChI is InChI=1S/C10H8BrO/c1-2-9-6-7-5-8(11)3-4-10(7)12-9/h3-6H,1-2H2. The summed E-state index contributed by atoms with van der Waals surface area (Å²) in [6.07, 6.45) is 0.701. The summed E-state index contributed by atoms with van der Waals surface area (Å²) in [4.78, 5) is 0. The summed E-state index contributed by atoms with van der Waals surface area (Å²) < 4.78 is 6.56. The molecule has 1 aromatic heterocycles. The number of rotatable bonds is 1. The third kappa shape index (κ3) is 1.27. The van der Waals surface area contributed by atoms with E-state index in [4.69, 9.17) is 4.42 Å². The van der Waals surface area contributed by atoms with E-state index >= 15 is 0 Å². The van der Waals surface area contributed by atoms with Crippen LogP contribution < -0.4 is 0 Å². The van der Waals surface area contributed by atoms with Gasteiger partial charge in [0.2, 0.25) is 0 Å². The highest BCUT2D eigenvalue weighted by molar-refractivity contribution is 9.10. The number of hydrogen-bond acceptors (Lipinski definition) is 1. The fourth-order valence-electron chi connectivity index (χ4n) is 1.19. The van der Waals surface area contributed by atoms with Gasteiger partial charge < -0.3 is 4.42 Å². The summed E-state index contributed by atoms with van der Waals surface area (Å²) in [5, 5.41) is 1.13. The van der Waals surface area contributed by atoms with E-state index in [1.807, 2.05) is 24.3 Å². The molecule has 1 heterocycles. The molecule has 0 atom stereocenters. The molecule has 2 rings (SSSR count).